The van der Waals surface area contributed by atoms with E-state index in [4.69, 9.17) is 9.84 Å². The Labute approximate surface area is 131 Å². The molecule has 0 heterocycles. The van der Waals surface area contributed by atoms with Gasteiger partial charge in [-0.15, -0.1) is 0 Å². The molecule has 0 fully saturated rings. The first kappa shape index (κ1) is 18.2. The second-order valence-corrected chi connectivity index (χ2v) is 5.40. The molecule has 5 heteroatoms. The van der Waals surface area contributed by atoms with Crippen molar-refractivity contribution in [3.63, 3.8) is 0 Å². The van der Waals surface area contributed by atoms with Crippen LogP contribution in [0.25, 0.3) is 0 Å². The smallest absolute Gasteiger partial charge is 0.323 e. The Morgan fingerprint density at radius 3 is 2.41 bits per heavy atom. The Balaban J connectivity index is 2.67. The normalized spacial score (nSPS) is 12.0. The average Bonchev–Trinajstić information content (AvgIpc) is 2.50. The van der Waals surface area contributed by atoms with E-state index in [-0.39, 0.29) is 18.4 Å². The highest BCUT2D eigenvalue weighted by Crippen LogP contribution is 2.20. The summed E-state index contributed by atoms with van der Waals surface area (Å²) in [6, 6.07) is 8.20. The number of aryl methyl sites for hydroxylation is 1. The van der Waals surface area contributed by atoms with Crippen molar-refractivity contribution >= 4 is 11.9 Å². The van der Waals surface area contributed by atoms with Gasteiger partial charge in [-0.2, -0.15) is 0 Å². The number of ether oxygens (including phenoxy) is 1. The fourth-order valence-electron chi connectivity index (χ4n) is 2.25. The van der Waals surface area contributed by atoms with Gasteiger partial charge in [0, 0.05) is 20.1 Å². The minimum absolute atomic E-state index is 0.0530. The zero-order chi connectivity index (χ0) is 16.5. The number of aliphatic carboxylic acids is 1. The summed E-state index contributed by atoms with van der Waals surface area (Å²) in [7, 11) is 1.53. The monoisotopic (exact) mass is 307 g/mol. The van der Waals surface area contributed by atoms with Gasteiger partial charge in [0.2, 0.25) is 5.91 Å². The van der Waals surface area contributed by atoms with Crippen LogP contribution in [0.1, 0.15) is 37.3 Å². The summed E-state index contributed by atoms with van der Waals surface area (Å²) in [4.78, 5) is 24.5. The highest BCUT2D eigenvalue weighted by atomic mass is 16.5. The largest absolute Gasteiger partial charge is 0.480 e. The maximum atomic E-state index is 12.3. The van der Waals surface area contributed by atoms with Crippen molar-refractivity contribution in [1.82, 2.24) is 4.90 Å². The lowest BCUT2D eigenvalue weighted by atomic mass is 9.96. The Morgan fingerprint density at radius 1 is 1.27 bits per heavy atom. The number of hydrogen-bond acceptors (Lipinski definition) is 3. The van der Waals surface area contributed by atoms with Crippen LogP contribution in [0.2, 0.25) is 0 Å². The minimum Gasteiger partial charge on any atom is -0.480 e. The fourth-order valence-corrected chi connectivity index (χ4v) is 2.25. The first-order valence-electron chi connectivity index (χ1n) is 7.55. The van der Waals surface area contributed by atoms with Crippen molar-refractivity contribution in [2.75, 3.05) is 26.8 Å². The third-order valence-corrected chi connectivity index (χ3v) is 3.68. The Kier molecular flexibility index (Phi) is 7.60. The lowest BCUT2D eigenvalue weighted by molar-refractivity contribution is -0.145. The highest BCUT2D eigenvalue weighted by Gasteiger charge is 2.19. The molecule has 5 nitrogen and oxygen atoms in total. The van der Waals surface area contributed by atoms with Gasteiger partial charge in [-0.1, -0.05) is 38.1 Å². The number of methoxy groups -OCH3 is 1. The molecular weight excluding hydrogens is 282 g/mol. The van der Waals surface area contributed by atoms with Crippen LogP contribution in [-0.2, 0) is 20.7 Å². The number of hydrogen-bond donors (Lipinski definition) is 1. The molecule has 1 atom stereocenters. The van der Waals surface area contributed by atoms with E-state index in [0.717, 1.165) is 12.0 Å². The van der Waals surface area contributed by atoms with Gasteiger partial charge in [0.25, 0.3) is 0 Å². The highest BCUT2D eigenvalue weighted by molar-refractivity contribution is 5.81. The number of carbonyl (C=O) groups is 2. The molecule has 0 aliphatic rings. The third-order valence-electron chi connectivity index (χ3n) is 3.68. The summed E-state index contributed by atoms with van der Waals surface area (Å²) in [6.45, 7) is 4.42. The number of nitrogens with zero attached hydrogens (tertiary/aromatic N) is 1. The number of amides is 1. The summed E-state index contributed by atoms with van der Waals surface area (Å²) in [6.07, 6.45) is 1.28. The second-order valence-electron chi connectivity index (χ2n) is 5.40. The number of carboxylic acids is 1. The average molecular weight is 307 g/mol. The summed E-state index contributed by atoms with van der Waals surface area (Å²) < 4.78 is 4.93. The molecule has 0 spiro atoms. The quantitative estimate of drug-likeness (QED) is 0.760. The van der Waals surface area contributed by atoms with E-state index in [1.165, 1.54) is 17.6 Å². The molecule has 0 aliphatic carbocycles. The molecule has 22 heavy (non-hydrogen) atoms. The van der Waals surface area contributed by atoms with E-state index in [0.29, 0.717) is 19.6 Å². The van der Waals surface area contributed by atoms with Crippen molar-refractivity contribution in [3.8, 4) is 0 Å². The second kappa shape index (κ2) is 9.20. The standard InChI is InChI=1S/C17H25NO4/c1-4-14-5-7-15(8-6-14)13(2)11-16(19)18(9-10-22-3)12-17(20)21/h5-8,13H,4,9-12H2,1-3H3,(H,20,21). The van der Waals surface area contributed by atoms with Crippen LogP contribution in [0.5, 0.6) is 0 Å². The number of rotatable bonds is 9. The van der Waals surface area contributed by atoms with Gasteiger partial charge in [0.15, 0.2) is 0 Å². The van der Waals surface area contributed by atoms with Crippen molar-refractivity contribution in [2.24, 2.45) is 0 Å². The zero-order valence-corrected chi connectivity index (χ0v) is 13.5. The Hall–Kier alpha value is -1.88. The molecule has 1 N–H and O–H groups in total. The lowest BCUT2D eigenvalue weighted by Crippen LogP contribution is -2.38. The van der Waals surface area contributed by atoms with Crippen molar-refractivity contribution in [3.05, 3.63) is 35.4 Å². The SMILES string of the molecule is CCc1ccc(C(C)CC(=O)N(CCOC)CC(=O)O)cc1. The Bertz CT molecular complexity index is 484. The van der Waals surface area contributed by atoms with Crippen LogP contribution in [0, 0.1) is 0 Å². The minimum atomic E-state index is -1.01. The summed E-state index contributed by atoms with van der Waals surface area (Å²) in [5.41, 5.74) is 2.35. The first-order chi connectivity index (χ1) is 10.5. The molecule has 0 saturated heterocycles. The number of benzene rings is 1. The van der Waals surface area contributed by atoms with E-state index in [9.17, 15) is 9.59 Å². The van der Waals surface area contributed by atoms with Gasteiger partial charge in [-0.25, -0.2) is 0 Å². The first-order valence-corrected chi connectivity index (χ1v) is 7.55. The maximum Gasteiger partial charge on any atom is 0.323 e. The number of carboxylic acid groups (broad SMARTS) is 1. The van der Waals surface area contributed by atoms with Crippen LogP contribution >= 0.6 is 0 Å². The van der Waals surface area contributed by atoms with Gasteiger partial charge in [-0.3, -0.25) is 9.59 Å². The van der Waals surface area contributed by atoms with Crippen molar-refractivity contribution in [2.45, 2.75) is 32.6 Å². The van der Waals surface area contributed by atoms with Crippen molar-refractivity contribution < 1.29 is 19.4 Å². The molecule has 1 unspecified atom stereocenters. The van der Waals surface area contributed by atoms with Gasteiger partial charge in [0.05, 0.1) is 6.61 Å². The summed E-state index contributed by atoms with van der Waals surface area (Å²) >= 11 is 0. The zero-order valence-electron chi connectivity index (χ0n) is 13.5. The lowest BCUT2D eigenvalue weighted by Gasteiger charge is -2.22. The topological polar surface area (TPSA) is 66.8 Å². The number of carbonyl (C=O) groups excluding carboxylic acids is 1. The van der Waals surface area contributed by atoms with Crippen LogP contribution in [0.4, 0.5) is 0 Å². The molecule has 1 amide bonds. The van der Waals surface area contributed by atoms with Gasteiger partial charge < -0.3 is 14.7 Å². The third kappa shape index (κ3) is 5.85. The van der Waals surface area contributed by atoms with Crippen LogP contribution < -0.4 is 0 Å². The summed E-state index contributed by atoms with van der Waals surface area (Å²) in [5, 5.41) is 8.91. The molecule has 1 aromatic rings. The fraction of sp³-hybridized carbons (Fsp3) is 0.529. The molecule has 122 valence electrons. The van der Waals surface area contributed by atoms with Crippen LogP contribution in [0.15, 0.2) is 24.3 Å². The van der Waals surface area contributed by atoms with Gasteiger partial charge in [-0.05, 0) is 23.5 Å². The van der Waals surface area contributed by atoms with E-state index in [1.807, 2.05) is 19.1 Å². The molecule has 0 aliphatic heterocycles. The van der Waals surface area contributed by atoms with E-state index >= 15 is 0 Å². The van der Waals surface area contributed by atoms with Crippen LogP contribution in [-0.4, -0.2) is 48.7 Å². The van der Waals surface area contributed by atoms with E-state index < -0.39 is 5.97 Å². The van der Waals surface area contributed by atoms with Crippen LogP contribution in [0.3, 0.4) is 0 Å². The molecule has 0 radical (unpaired) electrons. The Morgan fingerprint density at radius 2 is 1.91 bits per heavy atom. The molecular formula is C17H25NO4. The van der Waals surface area contributed by atoms with Crippen molar-refractivity contribution in [1.29, 1.82) is 0 Å². The molecule has 0 saturated carbocycles. The van der Waals surface area contributed by atoms with E-state index in [1.54, 1.807) is 0 Å². The maximum absolute atomic E-state index is 12.3. The predicted octanol–water partition coefficient (Wildman–Crippen LogP) is 2.30. The van der Waals surface area contributed by atoms with E-state index in [2.05, 4.69) is 19.1 Å². The molecule has 0 aromatic heterocycles. The predicted molar refractivity (Wildman–Crippen MR) is 84.9 cm³/mol. The van der Waals surface area contributed by atoms with Gasteiger partial charge >= 0.3 is 5.97 Å². The molecule has 1 rings (SSSR count). The molecule has 1 aromatic carbocycles. The van der Waals surface area contributed by atoms with Gasteiger partial charge in [0.1, 0.15) is 6.54 Å². The molecule has 0 bridgehead atoms. The summed E-state index contributed by atoms with van der Waals surface area (Å²) in [5.74, 6) is -1.12.